The molecule has 0 atom stereocenters. The molecule has 0 fully saturated rings. The van der Waals surface area contributed by atoms with E-state index in [4.69, 9.17) is 9.47 Å². The molecule has 0 bridgehead atoms. The summed E-state index contributed by atoms with van der Waals surface area (Å²) in [4.78, 5) is 16.6. The molecule has 0 aliphatic heterocycles. The molecule has 0 saturated heterocycles. The van der Waals surface area contributed by atoms with E-state index in [1.54, 1.807) is 6.20 Å². The Morgan fingerprint density at radius 3 is 2.32 bits per heavy atom. The molecular formula is C30H43NO3. The molecule has 0 unspecified atom stereocenters. The number of ether oxygens (including phenoxy) is 2. The van der Waals surface area contributed by atoms with E-state index in [9.17, 15) is 4.79 Å². The average Bonchev–Trinajstić information content (AvgIpc) is 2.86. The zero-order valence-electron chi connectivity index (χ0n) is 21.3. The number of carbonyl (C=O) groups excluding carboxylic acids is 1. The van der Waals surface area contributed by atoms with E-state index >= 15 is 0 Å². The van der Waals surface area contributed by atoms with E-state index in [1.807, 2.05) is 12.1 Å². The second-order valence-electron chi connectivity index (χ2n) is 8.83. The minimum atomic E-state index is -0.199. The maximum atomic E-state index is 12.1. The molecule has 0 saturated carbocycles. The largest absolute Gasteiger partial charge is 0.425 e. The average molecular weight is 466 g/mol. The summed E-state index contributed by atoms with van der Waals surface area (Å²) >= 11 is 0. The highest BCUT2D eigenvalue weighted by Gasteiger charge is 2.06. The van der Waals surface area contributed by atoms with Crippen molar-refractivity contribution in [1.82, 2.24) is 4.98 Å². The normalized spacial score (nSPS) is 11.2. The first-order chi connectivity index (χ1) is 16.7. The third kappa shape index (κ3) is 12.1. The van der Waals surface area contributed by atoms with Gasteiger partial charge < -0.3 is 9.47 Å². The zero-order chi connectivity index (χ0) is 24.3. The summed E-state index contributed by atoms with van der Waals surface area (Å²) in [5.74, 6) is 0.304. The van der Waals surface area contributed by atoms with Crippen LogP contribution in [0, 0.1) is 0 Å². The van der Waals surface area contributed by atoms with E-state index < -0.39 is 0 Å². The lowest BCUT2D eigenvalue weighted by molar-refractivity contribution is -0.134. The number of hydrogen-bond donors (Lipinski definition) is 0. The number of allylic oxidation sites excluding steroid dienone is 2. The lowest BCUT2D eigenvalue weighted by atomic mass is 10.0. The van der Waals surface area contributed by atoms with Crippen molar-refractivity contribution in [2.75, 3.05) is 13.2 Å². The molecule has 1 heterocycles. The van der Waals surface area contributed by atoms with Crippen LogP contribution in [0.15, 0.2) is 54.7 Å². The van der Waals surface area contributed by atoms with Gasteiger partial charge in [-0.3, -0.25) is 9.78 Å². The second kappa shape index (κ2) is 17.9. The highest BCUT2D eigenvalue weighted by molar-refractivity contribution is 5.72. The summed E-state index contributed by atoms with van der Waals surface area (Å²) in [5, 5.41) is 0. The van der Waals surface area contributed by atoms with Crippen LogP contribution in [0.3, 0.4) is 0 Å². The number of aromatic nitrogens is 1. The lowest BCUT2D eigenvalue weighted by Gasteiger charge is -2.07. The van der Waals surface area contributed by atoms with Gasteiger partial charge in [0.15, 0.2) is 0 Å². The summed E-state index contributed by atoms with van der Waals surface area (Å²) in [6, 6.07) is 12.3. The van der Waals surface area contributed by atoms with Crippen LogP contribution in [0.2, 0.25) is 0 Å². The molecule has 4 heteroatoms. The molecule has 34 heavy (non-hydrogen) atoms. The van der Waals surface area contributed by atoms with Crippen LogP contribution in [0.1, 0.15) is 90.0 Å². The summed E-state index contributed by atoms with van der Waals surface area (Å²) in [7, 11) is 0. The summed E-state index contributed by atoms with van der Waals surface area (Å²) in [6.45, 7) is 6.10. The Morgan fingerprint density at radius 1 is 0.824 bits per heavy atom. The van der Waals surface area contributed by atoms with Crippen LogP contribution in [-0.2, 0) is 16.0 Å². The first-order valence-electron chi connectivity index (χ1n) is 13.2. The van der Waals surface area contributed by atoms with Crippen LogP contribution in [0.4, 0.5) is 0 Å². The Balaban J connectivity index is 1.67. The van der Waals surface area contributed by atoms with E-state index in [0.717, 1.165) is 63.0 Å². The lowest BCUT2D eigenvalue weighted by Crippen LogP contribution is -2.07. The molecule has 1 aromatic carbocycles. The van der Waals surface area contributed by atoms with Gasteiger partial charge in [-0.15, -0.1) is 0 Å². The van der Waals surface area contributed by atoms with Gasteiger partial charge in [-0.25, -0.2) is 0 Å². The first-order valence-corrected chi connectivity index (χ1v) is 13.2. The van der Waals surface area contributed by atoms with E-state index in [1.165, 1.54) is 37.7 Å². The van der Waals surface area contributed by atoms with Crippen LogP contribution in [0.25, 0.3) is 11.3 Å². The zero-order valence-corrected chi connectivity index (χ0v) is 21.3. The minimum Gasteiger partial charge on any atom is -0.425 e. The third-order valence-corrected chi connectivity index (χ3v) is 5.71. The monoisotopic (exact) mass is 465 g/mol. The number of aryl methyl sites for hydroxylation is 1. The Kier molecular flexibility index (Phi) is 14.7. The standard InChI is InChI=1S/C30H43NO3/c1-3-5-6-7-8-9-10-13-16-30(32)34-28-21-22-29(31-25-28)27-19-17-26(18-20-27)15-12-11-14-24-33-23-4-2/h8-9,17-22,25H,3-7,10-16,23-24H2,1-2H3/b9-8-. The molecule has 1 aromatic heterocycles. The number of carbonyl (C=O) groups is 1. The van der Waals surface area contributed by atoms with Gasteiger partial charge in [-0.05, 0) is 69.1 Å². The summed E-state index contributed by atoms with van der Waals surface area (Å²) in [5.41, 5.74) is 3.30. The molecule has 0 radical (unpaired) electrons. The fourth-order valence-electron chi connectivity index (χ4n) is 3.70. The van der Waals surface area contributed by atoms with Crippen LogP contribution < -0.4 is 4.74 Å². The number of unbranched alkanes of at least 4 members (excludes halogenated alkanes) is 6. The summed E-state index contributed by atoms with van der Waals surface area (Å²) < 4.78 is 11.0. The molecule has 0 spiro atoms. The Labute approximate surface area is 206 Å². The Morgan fingerprint density at radius 2 is 1.62 bits per heavy atom. The topological polar surface area (TPSA) is 48.4 Å². The molecule has 0 amide bonds. The quantitative estimate of drug-likeness (QED) is 0.127. The fourth-order valence-corrected chi connectivity index (χ4v) is 3.70. The second-order valence-corrected chi connectivity index (χ2v) is 8.83. The molecular weight excluding hydrogens is 422 g/mol. The van der Waals surface area contributed by atoms with Gasteiger partial charge in [-0.1, -0.05) is 69.5 Å². The summed E-state index contributed by atoms with van der Waals surface area (Å²) in [6.07, 6.45) is 18.8. The van der Waals surface area contributed by atoms with E-state index in [2.05, 4.69) is 55.2 Å². The smallest absolute Gasteiger partial charge is 0.311 e. The molecule has 0 aliphatic rings. The number of pyridine rings is 1. The van der Waals surface area contributed by atoms with Crippen molar-refractivity contribution >= 4 is 5.97 Å². The molecule has 2 aromatic rings. The van der Waals surface area contributed by atoms with Crippen molar-refractivity contribution in [1.29, 1.82) is 0 Å². The molecule has 2 rings (SSSR count). The van der Waals surface area contributed by atoms with Crippen molar-refractivity contribution in [3.8, 4) is 17.0 Å². The highest BCUT2D eigenvalue weighted by atomic mass is 16.5. The van der Waals surface area contributed by atoms with Gasteiger partial charge in [0.1, 0.15) is 5.75 Å². The van der Waals surface area contributed by atoms with E-state index in [-0.39, 0.29) is 5.97 Å². The number of nitrogens with zero attached hydrogens (tertiary/aromatic N) is 1. The first kappa shape index (κ1) is 27.8. The highest BCUT2D eigenvalue weighted by Crippen LogP contribution is 2.21. The van der Waals surface area contributed by atoms with Crippen molar-refractivity contribution in [3.05, 3.63) is 60.3 Å². The number of esters is 1. The molecule has 186 valence electrons. The van der Waals surface area contributed by atoms with E-state index in [0.29, 0.717) is 12.2 Å². The van der Waals surface area contributed by atoms with Gasteiger partial charge >= 0.3 is 5.97 Å². The minimum absolute atomic E-state index is 0.199. The van der Waals surface area contributed by atoms with Gasteiger partial charge in [-0.2, -0.15) is 0 Å². The maximum Gasteiger partial charge on any atom is 0.311 e. The van der Waals surface area contributed by atoms with Crippen LogP contribution in [-0.4, -0.2) is 24.2 Å². The SMILES string of the molecule is CCCCC/C=C\CCCC(=O)Oc1ccc(-c2ccc(CCCCCOCCC)cc2)nc1. The number of hydrogen-bond acceptors (Lipinski definition) is 4. The Hall–Kier alpha value is -2.46. The maximum absolute atomic E-state index is 12.1. The fraction of sp³-hybridized carbons (Fsp3) is 0.533. The van der Waals surface area contributed by atoms with Crippen LogP contribution >= 0.6 is 0 Å². The van der Waals surface area contributed by atoms with Crippen molar-refractivity contribution in [3.63, 3.8) is 0 Å². The molecule has 4 nitrogen and oxygen atoms in total. The van der Waals surface area contributed by atoms with Gasteiger partial charge in [0, 0.05) is 25.2 Å². The molecule has 0 N–H and O–H groups in total. The third-order valence-electron chi connectivity index (χ3n) is 5.71. The predicted octanol–water partition coefficient (Wildman–Crippen LogP) is 8.10. The number of rotatable bonds is 18. The van der Waals surface area contributed by atoms with Gasteiger partial charge in [0.25, 0.3) is 0 Å². The number of benzene rings is 1. The van der Waals surface area contributed by atoms with Crippen molar-refractivity contribution in [2.24, 2.45) is 0 Å². The van der Waals surface area contributed by atoms with Gasteiger partial charge in [0.2, 0.25) is 0 Å². The predicted molar refractivity (Wildman–Crippen MR) is 141 cm³/mol. The van der Waals surface area contributed by atoms with Crippen molar-refractivity contribution in [2.45, 2.75) is 90.9 Å². The Bertz CT molecular complexity index is 812. The van der Waals surface area contributed by atoms with Gasteiger partial charge in [0.05, 0.1) is 11.9 Å². The van der Waals surface area contributed by atoms with Crippen molar-refractivity contribution < 1.29 is 14.3 Å². The van der Waals surface area contributed by atoms with Crippen LogP contribution in [0.5, 0.6) is 5.75 Å². The molecule has 0 aliphatic carbocycles.